The molecule has 3 N–H and O–H groups in total. The van der Waals surface area contributed by atoms with Gasteiger partial charge in [0.2, 0.25) is 0 Å². The zero-order chi connectivity index (χ0) is 26.9. The average molecular weight is 567 g/mol. The van der Waals surface area contributed by atoms with Crippen molar-refractivity contribution in [1.82, 2.24) is 9.97 Å². The summed E-state index contributed by atoms with van der Waals surface area (Å²) < 4.78 is 44.2. The summed E-state index contributed by atoms with van der Waals surface area (Å²) in [5.41, 5.74) is 1.79. The van der Waals surface area contributed by atoms with E-state index in [1.807, 2.05) is 0 Å². The van der Waals surface area contributed by atoms with Crippen molar-refractivity contribution >= 4 is 58.2 Å². The van der Waals surface area contributed by atoms with Crippen LogP contribution < -0.4 is 10.6 Å². The van der Waals surface area contributed by atoms with E-state index in [1.165, 1.54) is 20.1 Å². The molecule has 0 saturated heterocycles. The van der Waals surface area contributed by atoms with Crippen LogP contribution in [0, 0.1) is 13.8 Å². The number of rotatable bonds is 6. The summed E-state index contributed by atoms with van der Waals surface area (Å²) in [6.45, 7) is 3.35. The van der Waals surface area contributed by atoms with Crippen LogP contribution in [0.15, 0.2) is 48.5 Å². The molecule has 12 heteroatoms. The Morgan fingerprint density at radius 3 is 2.39 bits per heavy atom. The van der Waals surface area contributed by atoms with Gasteiger partial charge < -0.3 is 20.4 Å². The van der Waals surface area contributed by atoms with E-state index in [-0.39, 0.29) is 41.4 Å². The number of hydrogen-bond acceptors (Lipinski definition) is 4. The Bertz CT molecular complexity index is 1520. The number of nitrogens with one attached hydrogen (secondary N) is 3. The summed E-state index contributed by atoms with van der Waals surface area (Å²) in [5.74, 6) is -0.653. The number of nitrogens with zero attached hydrogens (tertiary/aromatic N) is 1. The molecule has 0 saturated carbocycles. The van der Waals surface area contributed by atoms with Crippen molar-refractivity contribution in [2.24, 2.45) is 0 Å². The molecule has 0 fully saturated rings. The van der Waals surface area contributed by atoms with Crippen molar-refractivity contribution in [1.29, 1.82) is 0 Å². The topological polar surface area (TPSA) is 96.1 Å². The maximum Gasteiger partial charge on any atom is 0.416 e. The number of methoxy groups -OCH3 is 1. The van der Waals surface area contributed by atoms with Gasteiger partial charge in [0.15, 0.2) is 0 Å². The van der Waals surface area contributed by atoms with Crippen LogP contribution in [0.4, 0.5) is 24.5 Å². The average Bonchev–Trinajstić information content (AvgIpc) is 3.23. The van der Waals surface area contributed by atoms with Crippen LogP contribution >= 0.6 is 24.0 Å². The maximum atomic E-state index is 13.3. The van der Waals surface area contributed by atoms with E-state index >= 15 is 0 Å². The summed E-state index contributed by atoms with van der Waals surface area (Å²) in [6, 6.07) is 11.0. The summed E-state index contributed by atoms with van der Waals surface area (Å²) in [4.78, 5) is 33.7. The Hall–Kier alpha value is -3.60. The smallest absolute Gasteiger partial charge is 0.377 e. The number of aromatic nitrogens is 2. The number of anilines is 2. The van der Waals surface area contributed by atoms with Crippen LogP contribution in [0.5, 0.6) is 0 Å². The minimum atomic E-state index is -4.52. The minimum Gasteiger partial charge on any atom is -0.377 e. The van der Waals surface area contributed by atoms with Gasteiger partial charge >= 0.3 is 6.18 Å². The van der Waals surface area contributed by atoms with E-state index < -0.39 is 23.6 Å². The SMILES string of the molecule is COCc1nc2c(C(=O)Nc3cccc(Cl)c3C)cc(NC(=O)c3ccc(C(F)(F)F)cc3C)cc2[nH]1.Cl. The van der Waals surface area contributed by atoms with E-state index in [0.29, 0.717) is 33.1 Å². The number of hydrogen-bond donors (Lipinski definition) is 3. The number of alkyl halides is 3. The third-order valence-electron chi connectivity index (χ3n) is 5.73. The number of aromatic amines is 1. The highest BCUT2D eigenvalue weighted by molar-refractivity contribution is 6.31. The van der Waals surface area contributed by atoms with Crippen LogP contribution in [-0.4, -0.2) is 28.9 Å². The van der Waals surface area contributed by atoms with E-state index in [2.05, 4.69) is 20.6 Å². The van der Waals surface area contributed by atoms with E-state index in [0.717, 1.165) is 18.2 Å². The van der Waals surface area contributed by atoms with Crippen molar-refractivity contribution in [2.45, 2.75) is 26.6 Å². The van der Waals surface area contributed by atoms with Crippen LogP contribution in [0.1, 0.15) is 43.2 Å². The molecule has 0 radical (unpaired) electrons. The first kappa shape index (κ1) is 29.0. The molecule has 2 amide bonds. The molecular formula is C26H23Cl2F3N4O3. The van der Waals surface area contributed by atoms with Gasteiger partial charge in [0.1, 0.15) is 17.9 Å². The van der Waals surface area contributed by atoms with Gasteiger partial charge in [-0.25, -0.2) is 4.98 Å². The van der Waals surface area contributed by atoms with Crippen molar-refractivity contribution in [3.05, 3.63) is 87.2 Å². The van der Waals surface area contributed by atoms with Gasteiger partial charge in [-0.3, -0.25) is 9.59 Å². The summed E-state index contributed by atoms with van der Waals surface area (Å²) in [5, 5.41) is 5.97. The molecule has 1 aromatic heterocycles. The predicted octanol–water partition coefficient (Wildman–Crippen LogP) is 6.92. The lowest BCUT2D eigenvalue weighted by Gasteiger charge is -2.13. The van der Waals surface area contributed by atoms with Gasteiger partial charge in [0.05, 0.1) is 16.6 Å². The van der Waals surface area contributed by atoms with Crippen molar-refractivity contribution in [3.8, 4) is 0 Å². The minimum absolute atomic E-state index is 0. The first-order valence-electron chi connectivity index (χ1n) is 11.0. The number of H-pyrrole nitrogens is 1. The molecule has 4 rings (SSSR count). The molecular weight excluding hydrogens is 544 g/mol. The second-order valence-corrected chi connectivity index (χ2v) is 8.79. The van der Waals surface area contributed by atoms with Crippen molar-refractivity contribution in [3.63, 3.8) is 0 Å². The molecule has 0 aliphatic heterocycles. The largest absolute Gasteiger partial charge is 0.416 e. The van der Waals surface area contributed by atoms with E-state index in [9.17, 15) is 22.8 Å². The van der Waals surface area contributed by atoms with E-state index in [1.54, 1.807) is 31.2 Å². The Morgan fingerprint density at radius 1 is 1.03 bits per heavy atom. The van der Waals surface area contributed by atoms with Gasteiger partial charge in [-0.05, 0) is 67.4 Å². The highest BCUT2D eigenvalue weighted by Crippen LogP contribution is 2.31. The number of halogens is 5. The number of fused-ring (bicyclic) bond motifs is 1. The lowest BCUT2D eigenvalue weighted by Crippen LogP contribution is -2.17. The fourth-order valence-electron chi connectivity index (χ4n) is 3.84. The number of benzene rings is 3. The first-order chi connectivity index (χ1) is 17.5. The number of aryl methyl sites for hydroxylation is 1. The standard InChI is InChI=1S/C26H22ClF3N4O3.ClH/c1-13-9-15(26(28,29)30)7-8-17(13)24(35)31-16-10-18(23-21(11-16)32-22(34-23)12-37-3)25(36)33-20-6-4-5-19(27)14(20)2;/h4-11H,12H2,1-3H3,(H,31,35)(H,32,34)(H,33,36);1H. The van der Waals surface area contributed by atoms with Gasteiger partial charge in [0, 0.05) is 29.1 Å². The third kappa shape index (κ3) is 6.09. The fourth-order valence-corrected chi connectivity index (χ4v) is 4.02. The van der Waals surface area contributed by atoms with Crippen molar-refractivity contribution < 1.29 is 27.5 Å². The summed E-state index contributed by atoms with van der Waals surface area (Å²) in [7, 11) is 1.50. The highest BCUT2D eigenvalue weighted by Gasteiger charge is 2.31. The summed E-state index contributed by atoms with van der Waals surface area (Å²) in [6.07, 6.45) is -4.52. The van der Waals surface area contributed by atoms with Crippen LogP contribution in [0.3, 0.4) is 0 Å². The van der Waals surface area contributed by atoms with Gasteiger partial charge in [-0.2, -0.15) is 13.2 Å². The highest BCUT2D eigenvalue weighted by atomic mass is 35.5. The lowest BCUT2D eigenvalue weighted by atomic mass is 10.0. The van der Waals surface area contributed by atoms with E-state index in [4.69, 9.17) is 16.3 Å². The fraction of sp³-hybridized carbons (Fsp3) is 0.192. The number of carbonyl (C=O) groups is 2. The van der Waals surface area contributed by atoms with Gasteiger partial charge in [-0.15, -0.1) is 12.4 Å². The molecule has 0 atom stereocenters. The second kappa shape index (κ2) is 11.4. The lowest BCUT2D eigenvalue weighted by molar-refractivity contribution is -0.137. The van der Waals surface area contributed by atoms with Crippen LogP contribution in [-0.2, 0) is 17.5 Å². The molecule has 38 heavy (non-hydrogen) atoms. The summed E-state index contributed by atoms with van der Waals surface area (Å²) >= 11 is 6.17. The number of ether oxygens (including phenoxy) is 1. The molecule has 0 spiro atoms. The Morgan fingerprint density at radius 2 is 1.74 bits per heavy atom. The molecule has 200 valence electrons. The number of amides is 2. The van der Waals surface area contributed by atoms with Crippen LogP contribution in [0.2, 0.25) is 5.02 Å². The quantitative estimate of drug-likeness (QED) is 0.236. The molecule has 3 aromatic carbocycles. The number of carbonyl (C=O) groups excluding carboxylic acids is 2. The predicted molar refractivity (Wildman–Crippen MR) is 142 cm³/mol. The van der Waals surface area contributed by atoms with Gasteiger partial charge in [-0.1, -0.05) is 17.7 Å². The second-order valence-electron chi connectivity index (χ2n) is 8.38. The molecule has 4 aromatic rings. The van der Waals surface area contributed by atoms with Crippen molar-refractivity contribution in [2.75, 3.05) is 17.7 Å². The Kier molecular flexibility index (Phi) is 8.71. The third-order valence-corrected chi connectivity index (χ3v) is 6.14. The first-order valence-corrected chi connectivity index (χ1v) is 11.4. The zero-order valence-corrected chi connectivity index (χ0v) is 22.0. The molecule has 0 aliphatic carbocycles. The Labute approximate surface area is 227 Å². The zero-order valence-electron chi connectivity index (χ0n) is 20.4. The molecule has 7 nitrogen and oxygen atoms in total. The molecule has 0 aliphatic rings. The maximum absolute atomic E-state index is 13.3. The Balaban J connectivity index is 0.00000400. The molecule has 1 heterocycles. The van der Waals surface area contributed by atoms with Crippen LogP contribution in [0.25, 0.3) is 11.0 Å². The monoisotopic (exact) mass is 566 g/mol. The normalized spacial score (nSPS) is 11.2. The molecule has 0 bridgehead atoms. The van der Waals surface area contributed by atoms with Gasteiger partial charge in [0.25, 0.3) is 11.8 Å². The molecule has 0 unspecified atom stereocenters. The number of imidazole rings is 1.